The molecular formula is C30H46N2. The van der Waals surface area contributed by atoms with E-state index < -0.39 is 0 Å². The summed E-state index contributed by atoms with van der Waals surface area (Å²) in [6.45, 7) is 15.5. The van der Waals surface area contributed by atoms with E-state index in [1.54, 1.807) is 5.57 Å². The Hall–Kier alpha value is -2.22. The van der Waals surface area contributed by atoms with Crippen LogP contribution in [-0.2, 0) is 6.42 Å². The molecule has 2 nitrogen and oxygen atoms in total. The molecule has 1 aromatic carbocycles. The van der Waals surface area contributed by atoms with E-state index in [0.717, 1.165) is 13.0 Å². The maximum atomic E-state index is 4.05. The summed E-state index contributed by atoms with van der Waals surface area (Å²) >= 11 is 0. The van der Waals surface area contributed by atoms with Crippen molar-refractivity contribution in [3.63, 3.8) is 0 Å². The van der Waals surface area contributed by atoms with Gasteiger partial charge in [0.1, 0.15) is 0 Å². The molecule has 0 saturated carbocycles. The summed E-state index contributed by atoms with van der Waals surface area (Å²) in [6.07, 6.45) is 17.4. The summed E-state index contributed by atoms with van der Waals surface area (Å²) in [5.41, 5.74) is 7.42. The summed E-state index contributed by atoms with van der Waals surface area (Å²) < 4.78 is 0. The highest BCUT2D eigenvalue weighted by Gasteiger charge is 2.41. The van der Waals surface area contributed by atoms with Crippen LogP contribution in [0.15, 0.2) is 73.1 Å². The van der Waals surface area contributed by atoms with Crippen LogP contribution in [0, 0.1) is 12.8 Å². The summed E-state index contributed by atoms with van der Waals surface area (Å²) in [6, 6.07) is 9.70. The first kappa shape index (κ1) is 26.0. The average molecular weight is 435 g/mol. The third kappa shape index (κ3) is 6.64. The fourth-order valence-electron chi connectivity index (χ4n) is 5.43. The maximum Gasteiger partial charge on any atom is 0.0597 e. The highest BCUT2D eigenvalue weighted by atomic mass is 15.2. The Kier molecular flexibility index (Phi) is 11.4. The monoisotopic (exact) mass is 434 g/mol. The van der Waals surface area contributed by atoms with Crippen LogP contribution < -0.4 is 5.32 Å². The largest absolute Gasteiger partial charge is 0.390 e. The molecule has 1 fully saturated rings. The minimum Gasteiger partial charge on any atom is -0.390 e. The molecular weight excluding hydrogens is 388 g/mol. The van der Waals surface area contributed by atoms with Crippen LogP contribution in [-0.4, -0.2) is 24.5 Å². The Morgan fingerprint density at radius 3 is 2.44 bits per heavy atom. The third-order valence-electron chi connectivity index (χ3n) is 6.93. The lowest BCUT2D eigenvalue weighted by molar-refractivity contribution is 0.247. The SMILES string of the molecule is C=C.C=CCN1C2=C(NC)CCC=C2C(CCCCCCc2ccc(C)cc2)C1CCC. The van der Waals surface area contributed by atoms with Gasteiger partial charge in [-0.25, -0.2) is 0 Å². The molecule has 0 amide bonds. The van der Waals surface area contributed by atoms with Gasteiger partial charge in [-0.15, -0.1) is 19.7 Å². The van der Waals surface area contributed by atoms with Gasteiger partial charge in [-0.3, -0.25) is 0 Å². The second-order valence-corrected chi connectivity index (χ2v) is 9.12. The van der Waals surface area contributed by atoms with E-state index in [0.29, 0.717) is 12.0 Å². The van der Waals surface area contributed by atoms with E-state index in [1.165, 1.54) is 80.3 Å². The fourth-order valence-corrected chi connectivity index (χ4v) is 5.43. The van der Waals surface area contributed by atoms with Crippen LogP contribution in [0.3, 0.4) is 0 Å². The van der Waals surface area contributed by atoms with Crippen LogP contribution in [0.5, 0.6) is 0 Å². The highest BCUT2D eigenvalue weighted by molar-refractivity contribution is 5.44. The van der Waals surface area contributed by atoms with E-state index in [1.807, 2.05) is 0 Å². The van der Waals surface area contributed by atoms with E-state index >= 15 is 0 Å². The second kappa shape index (κ2) is 14.0. The number of rotatable bonds is 12. The molecule has 1 aliphatic carbocycles. The molecule has 2 atom stereocenters. The van der Waals surface area contributed by atoms with Crippen molar-refractivity contribution in [1.82, 2.24) is 10.2 Å². The van der Waals surface area contributed by atoms with Gasteiger partial charge >= 0.3 is 0 Å². The summed E-state index contributed by atoms with van der Waals surface area (Å²) in [5, 5.41) is 3.51. The van der Waals surface area contributed by atoms with Crippen molar-refractivity contribution >= 4 is 0 Å². The number of fused-ring (bicyclic) bond motifs is 1. The average Bonchev–Trinajstić information content (AvgIpc) is 3.12. The Morgan fingerprint density at radius 2 is 1.78 bits per heavy atom. The minimum atomic E-state index is 0.642. The zero-order valence-electron chi connectivity index (χ0n) is 21.0. The van der Waals surface area contributed by atoms with Crippen molar-refractivity contribution < 1.29 is 0 Å². The van der Waals surface area contributed by atoms with Gasteiger partial charge in [0.2, 0.25) is 0 Å². The normalized spacial score (nSPS) is 19.7. The van der Waals surface area contributed by atoms with Gasteiger partial charge in [-0.05, 0) is 56.6 Å². The Labute approximate surface area is 198 Å². The number of hydrogen-bond acceptors (Lipinski definition) is 2. The number of benzene rings is 1. The number of aryl methyl sites for hydroxylation is 2. The van der Waals surface area contributed by atoms with Gasteiger partial charge in [-0.2, -0.15) is 0 Å². The zero-order chi connectivity index (χ0) is 23.3. The molecule has 1 aromatic rings. The number of hydrogen-bond donors (Lipinski definition) is 1. The zero-order valence-corrected chi connectivity index (χ0v) is 21.0. The first-order chi connectivity index (χ1) is 15.7. The van der Waals surface area contributed by atoms with Gasteiger partial charge in [0, 0.05) is 31.2 Å². The summed E-state index contributed by atoms with van der Waals surface area (Å²) in [4.78, 5) is 2.66. The lowest BCUT2D eigenvalue weighted by Gasteiger charge is -2.30. The molecule has 0 radical (unpaired) electrons. The molecule has 2 aliphatic rings. The number of nitrogens with one attached hydrogen (secondary N) is 1. The predicted molar refractivity (Wildman–Crippen MR) is 142 cm³/mol. The van der Waals surface area contributed by atoms with Crippen LogP contribution in [0.2, 0.25) is 0 Å². The molecule has 0 bridgehead atoms. The topological polar surface area (TPSA) is 15.3 Å². The standard InChI is InChI=1S/C28H42N2.C2H4/c1-5-12-27-24(14-10-8-7-9-13-23-19-17-22(3)18-20-23)25-15-11-16-26(29-4)28(25)30(27)21-6-2;1-2/h6,15,17-20,24,27,29H,2,5,7-14,16,21H2,1,3-4H3;1-2H2. The van der Waals surface area contributed by atoms with Crippen LogP contribution in [0.4, 0.5) is 0 Å². The van der Waals surface area contributed by atoms with Gasteiger partial charge in [0.25, 0.3) is 0 Å². The minimum absolute atomic E-state index is 0.642. The molecule has 176 valence electrons. The van der Waals surface area contributed by atoms with Gasteiger partial charge in [0.15, 0.2) is 0 Å². The van der Waals surface area contributed by atoms with Gasteiger partial charge in [0.05, 0.1) is 5.70 Å². The number of allylic oxidation sites excluding steroid dienone is 3. The molecule has 1 aliphatic heterocycles. The molecule has 1 saturated heterocycles. The molecule has 2 unspecified atom stereocenters. The molecule has 32 heavy (non-hydrogen) atoms. The Bertz CT molecular complexity index is 756. The maximum absolute atomic E-state index is 4.05. The Balaban J connectivity index is 0.00000176. The summed E-state index contributed by atoms with van der Waals surface area (Å²) in [7, 11) is 2.09. The summed E-state index contributed by atoms with van der Waals surface area (Å²) in [5.74, 6) is 0.695. The van der Waals surface area contributed by atoms with Crippen molar-refractivity contribution in [3.8, 4) is 0 Å². The molecule has 1 N–H and O–H groups in total. The highest BCUT2D eigenvalue weighted by Crippen LogP contribution is 2.46. The van der Waals surface area contributed by atoms with Crippen molar-refractivity contribution in [2.45, 2.75) is 84.1 Å². The molecule has 2 heteroatoms. The van der Waals surface area contributed by atoms with E-state index in [-0.39, 0.29) is 0 Å². The first-order valence-electron chi connectivity index (χ1n) is 12.7. The van der Waals surface area contributed by atoms with Crippen molar-refractivity contribution in [2.24, 2.45) is 5.92 Å². The smallest absolute Gasteiger partial charge is 0.0597 e. The third-order valence-corrected chi connectivity index (χ3v) is 6.93. The molecule has 1 heterocycles. The van der Waals surface area contributed by atoms with Crippen molar-refractivity contribution in [1.29, 1.82) is 0 Å². The Morgan fingerprint density at radius 1 is 1.06 bits per heavy atom. The fraction of sp³-hybridized carbons (Fsp3) is 0.533. The second-order valence-electron chi connectivity index (χ2n) is 9.12. The van der Waals surface area contributed by atoms with Crippen molar-refractivity contribution in [2.75, 3.05) is 13.6 Å². The van der Waals surface area contributed by atoms with Gasteiger partial charge < -0.3 is 10.2 Å². The molecule has 0 spiro atoms. The number of likely N-dealkylation sites (tertiary alicyclic amines) is 1. The van der Waals surface area contributed by atoms with Gasteiger partial charge in [-0.1, -0.05) is 74.6 Å². The van der Waals surface area contributed by atoms with E-state index in [4.69, 9.17) is 0 Å². The van der Waals surface area contributed by atoms with Crippen LogP contribution in [0.1, 0.15) is 75.8 Å². The van der Waals surface area contributed by atoms with Crippen LogP contribution >= 0.6 is 0 Å². The van der Waals surface area contributed by atoms with E-state index in [2.05, 4.69) is 87.3 Å². The number of unbranched alkanes of at least 4 members (excludes halogenated alkanes) is 3. The van der Waals surface area contributed by atoms with Crippen LogP contribution in [0.25, 0.3) is 0 Å². The predicted octanol–water partition coefficient (Wildman–Crippen LogP) is 7.73. The molecule has 3 rings (SSSR count). The quantitative estimate of drug-likeness (QED) is 0.267. The lowest BCUT2D eigenvalue weighted by atomic mass is 9.85. The molecule has 0 aromatic heterocycles. The van der Waals surface area contributed by atoms with E-state index in [9.17, 15) is 0 Å². The van der Waals surface area contributed by atoms with Crippen molar-refractivity contribution in [3.05, 3.63) is 84.2 Å². The lowest BCUT2D eigenvalue weighted by Crippen LogP contribution is -2.33. The number of nitrogens with zero attached hydrogens (tertiary/aromatic N) is 1. The first-order valence-corrected chi connectivity index (χ1v) is 12.7.